The van der Waals surface area contributed by atoms with Gasteiger partial charge in [-0.3, -0.25) is 4.79 Å². The molecule has 0 unspecified atom stereocenters. The summed E-state index contributed by atoms with van der Waals surface area (Å²) in [6.07, 6.45) is 2.58. The number of nitrogens with one attached hydrogen (secondary N) is 1. The van der Waals surface area contributed by atoms with Gasteiger partial charge in [-0.25, -0.2) is 18.7 Å². The maximum Gasteiger partial charge on any atom is 0.279 e. The molecule has 3 fully saturated rings. The van der Waals surface area contributed by atoms with Gasteiger partial charge in [-0.05, 0) is 49.7 Å². The summed E-state index contributed by atoms with van der Waals surface area (Å²) in [5, 5.41) is 1.58. The number of amides is 1. The van der Waals surface area contributed by atoms with Crippen LogP contribution in [0, 0.1) is 5.82 Å². The first-order valence-electron chi connectivity index (χ1n) is 9.51. The van der Waals surface area contributed by atoms with E-state index in [-0.39, 0.29) is 43.3 Å². The summed E-state index contributed by atoms with van der Waals surface area (Å²) in [4.78, 5) is 17.4. The van der Waals surface area contributed by atoms with Crippen LogP contribution in [0.3, 0.4) is 0 Å². The zero-order chi connectivity index (χ0) is 19.0. The predicted octanol–water partition coefficient (Wildman–Crippen LogP) is 3.94. The van der Waals surface area contributed by atoms with E-state index in [0.29, 0.717) is 5.75 Å². The van der Waals surface area contributed by atoms with E-state index in [0.717, 1.165) is 37.9 Å². The van der Waals surface area contributed by atoms with Gasteiger partial charge in [-0.2, -0.15) is 10.0 Å². The van der Waals surface area contributed by atoms with Crippen molar-refractivity contribution in [1.82, 2.24) is 10.5 Å². The van der Waals surface area contributed by atoms with Crippen molar-refractivity contribution in [2.24, 2.45) is 0 Å². The summed E-state index contributed by atoms with van der Waals surface area (Å²) in [5.41, 5.74) is 2.93. The largest absolute Gasteiger partial charge is 0.490 e. The van der Waals surface area contributed by atoms with E-state index in [1.807, 2.05) is 0 Å². The number of carbonyl (C=O) groups is 1. The maximum atomic E-state index is 14.5. The van der Waals surface area contributed by atoms with Crippen LogP contribution in [0.5, 0.6) is 5.75 Å². The lowest BCUT2D eigenvalue weighted by Crippen LogP contribution is -2.43. The standard InChI is InChI=1S/C19H23F3N2O3/c20-16-11-17(26-13-4-6-19(21,22)7-5-13)14(12-2-3-12)10-15(16)18(25)23-27-24-8-1-9-24/h10-13H,1-9H2,(H,23,25). The Kier molecular flexibility index (Phi) is 5.03. The number of carbonyl (C=O) groups excluding carboxylic acids is 1. The third-order valence-electron chi connectivity index (χ3n) is 5.40. The molecule has 0 radical (unpaired) electrons. The molecule has 3 aliphatic rings. The SMILES string of the molecule is O=C(NON1CCC1)c1cc(C2CC2)c(OC2CCC(F)(F)CC2)cc1F. The van der Waals surface area contributed by atoms with Crippen molar-refractivity contribution in [3.63, 3.8) is 0 Å². The lowest BCUT2D eigenvalue weighted by molar-refractivity contribution is -0.229. The summed E-state index contributed by atoms with van der Waals surface area (Å²) >= 11 is 0. The third-order valence-corrected chi connectivity index (χ3v) is 5.40. The molecule has 0 spiro atoms. The van der Waals surface area contributed by atoms with E-state index in [4.69, 9.17) is 9.68 Å². The number of ether oxygens (including phenoxy) is 1. The summed E-state index contributed by atoms with van der Waals surface area (Å²) in [6, 6.07) is 2.72. The Morgan fingerprint density at radius 3 is 2.44 bits per heavy atom. The van der Waals surface area contributed by atoms with E-state index < -0.39 is 17.6 Å². The molecular formula is C19H23F3N2O3. The second-order valence-corrected chi connectivity index (χ2v) is 7.62. The molecule has 2 aliphatic carbocycles. The van der Waals surface area contributed by atoms with Crippen LogP contribution in [-0.4, -0.2) is 36.1 Å². The molecule has 1 aromatic rings. The van der Waals surface area contributed by atoms with Crippen molar-refractivity contribution >= 4 is 5.91 Å². The first-order chi connectivity index (χ1) is 12.9. The second-order valence-electron chi connectivity index (χ2n) is 7.62. The van der Waals surface area contributed by atoms with Crippen molar-refractivity contribution in [2.45, 2.75) is 62.9 Å². The van der Waals surface area contributed by atoms with Crippen LogP contribution in [0.25, 0.3) is 0 Å². The van der Waals surface area contributed by atoms with E-state index >= 15 is 0 Å². The van der Waals surface area contributed by atoms with Crippen LogP contribution >= 0.6 is 0 Å². The maximum absolute atomic E-state index is 14.5. The number of rotatable bonds is 6. The molecule has 1 aromatic carbocycles. The van der Waals surface area contributed by atoms with Crippen LogP contribution < -0.4 is 10.2 Å². The second kappa shape index (κ2) is 7.31. The molecule has 1 amide bonds. The van der Waals surface area contributed by atoms with Gasteiger partial charge >= 0.3 is 0 Å². The molecular weight excluding hydrogens is 361 g/mol. The fourth-order valence-electron chi connectivity index (χ4n) is 3.41. The smallest absolute Gasteiger partial charge is 0.279 e. The average Bonchev–Trinajstić information content (AvgIpc) is 3.40. The van der Waals surface area contributed by atoms with E-state index in [1.165, 1.54) is 12.1 Å². The van der Waals surface area contributed by atoms with E-state index in [1.54, 1.807) is 5.06 Å². The number of hydroxylamine groups is 3. The van der Waals surface area contributed by atoms with Gasteiger partial charge in [0.2, 0.25) is 5.92 Å². The first-order valence-corrected chi connectivity index (χ1v) is 9.51. The Balaban J connectivity index is 1.47. The first kappa shape index (κ1) is 18.6. The van der Waals surface area contributed by atoms with Crippen LogP contribution in [0.1, 0.15) is 66.8 Å². The summed E-state index contributed by atoms with van der Waals surface area (Å²) in [6.45, 7) is 1.45. The third kappa shape index (κ3) is 4.38. The Morgan fingerprint density at radius 1 is 1.15 bits per heavy atom. The Hall–Kier alpha value is -1.80. The number of nitrogens with zero attached hydrogens (tertiary/aromatic N) is 1. The normalized spacial score (nSPS) is 22.9. The Labute approximate surface area is 155 Å². The van der Waals surface area contributed by atoms with E-state index in [9.17, 15) is 18.0 Å². The van der Waals surface area contributed by atoms with Crippen LogP contribution in [0.15, 0.2) is 12.1 Å². The molecule has 1 saturated heterocycles. The fourth-order valence-corrected chi connectivity index (χ4v) is 3.41. The van der Waals surface area contributed by atoms with Gasteiger partial charge in [0.1, 0.15) is 11.6 Å². The van der Waals surface area contributed by atoms with Crippen molar-refractivity contribution in [3.8, 4) is 5.75 Å². The molecule has 0 aromatic heterocycles. The molecule has 27 heavy (non-hydrogen) atoms. The molecule has 1 aliphatic heterocycles. The predicted molar refractivity (Wildman–Crippen MR) is 90.9 cm³/mol. The molecule has 2 saturated carbocycles. The quantitative estimate of drug-likeness (QED) is 0.755. The minimum atomic E-state index is -2.64. The summed E-state index contributed by atoms with van der Waals surface area (Å²) in [7, 11) is 0. The van der Waals surface area contributed by atoms with Gasteiger partial charge in [-0.15, -0.1) is 0 Å². The van der Waals surface area contributed by atoms with Crippen molar-refractivity contribution < 1.29 is 27.6 Å². The minimum Gasteiger partial charge on any atom is -0.490 e. The molecule has 0 atom stereocenters. The molecule has 8 heteroatoms. The van der Waals surface area contributed by atoms with Crippen molar-refractivity contribution in [1.29, 1.82) is 0 Å². The molecule has 148 valence electrons. The molecule has 0 bridgehead atoms. The van der Waals surface area contributed by atoms with Gasteiger partial charge in [0.25, 0.3) is 5.91 Å². The number of halogens is 3. The molecule has 5 nitrogen and oxygen atoms in total. The number of benzene rings is 1. The van der Waals surface area contributed by atoms with Crippen molar-refractivity contribution in [3.05, 3.63) is 29.1 Å². The minimum absolute atomic E-state index is 0.0973. The Morgan fingerprint density at radius 2 is 1.85 bits per heavy atom. The molecule has 1 N–H and O–H groups in total. The number of alkyl halides is 2. The lowest BCUT2D eigenvalue weighted by Gasteiger charge is -2.29. The zero-order valence-electron chi connectivity index (χ0n) is 15.0. The monoisotopic (exact) mass is 384 g/mol. The van der Waals surface area contributed by atoms with Gasteiger partial charge in [0, 0.05) is 32.0 Å². The average molecular weight is 384 g/mol. The van der Waals surface area contributed by atoms with Gasteiger partial charge in [0.05, 0.1) is 11.7 Å². The number of hydrogen-bond acceptors (Lipinski definition) is 4. The summed E-state index contributed by atoms with van der Waals surface area (Å²) < 4.78 is 47.1. The highest BCUT2D eigenvalue weighted by Crippen LogP contribution is 2.46. The van der Waals surface area contributed by atoms with Crippen molar-refractivity contribution in [2.75, 3.05) is 13.1 Å². The van der Waals surface area contributed by atoms with Crippen LogP contribution in [-0.2, 0) is 4.94 Å². The van der Waals surface area contributed by atoms with Gasteiger partial charge in [-0.1, -0.05) is 0 Å². The molecule has 4 rings (SSSR count). The van der Waals surface area contributed by atoms with Crippen LogP contribution in [0.2, 0.25) is 0 Å². The fraction of sp³-hybridized carbons (Fsp3) is 0.632. The highest BCUT2D eigenvalue weighted by Gasteiger charge is 2.37. The Bertz CT molecular complexity index is 710. The van der Waals surface area contributed by atoms with Crippen LogP contribution in [0.4, 0.5) is 13.2 Å². The lowest BCUT2D eigenvalue weighted by atomic mass is 9.94. The van der Waals surface area contributed by atoms with Gasteiger partial charge in [0.15, 0.2) is 0 Å². The zero-order valence-corrected chi connectivity index (χ0v) is 15.0. The highest BCUT2D eigenvalue weighted by atomic mass is 19.3. The summed E-state index contributed by atoms with van der Waals surface area (Å²) in [5.74, 6) is -3.41. The number of hydrogen-bond donors (Lipinski definition) is 1. The van der Waals surface area contributed by atoms with Gasteiger partial charge < -0.3 is 4.74 Å². The molecule has 1 heterocycles. The van der Waals surface area contributed by atoms with E-state index in [2.05, 4.69) is 5.48 Å². The topological polar surface area (TPSA) is 50.8 Å². The highest BCUT2D eigenvalue weighted by molar-refractivity contribution is 5.94.